The lowest BCUT2D eigenvalue weighted by molar-refractivity contribution is 0.801. The van der Waals surface area contributed by atoms with Crippen LogP contribution < -0.4 is 10.6 Å². The van der Waals surface area contributed by atoms with Crippen LogP contribution in [0.3, 0.4) is 0 Å². The maximum atomic E-state index is 4.63. The maximum absolute atomic E-state index is 4.63. The summed E-state index contributed by atoms with van der Waals surface area (Å²) in [5.41, 5.74) is 3.59. The molecule has 0 bridgehead atoms. The van der Waals surface area contributed by atoms with E-state index in [4.69, 9.17) is 0 Å². The second kappa shape index (κ2) is 10.4. The van der Waals surface area contributed by atoms with Gasteiger partial charge in [-0.1, -0.05) is 24.3 Å². The SMILES string of the molecule is CCNC(=NCc1ccsc1)NCCc1cccc2cccnc12.I. The molecule has 0 aliphatic carbocycles. The minimum atomic E-state index is 0. The number of para-hydroxylation sites is 1. The number of pyridine rings is 1. The Bertz CT molecular complexity index is 797. The van der Waals surface area contributed by atoms with Crippen LogP contribution in [-0.2, 0) is 13.0 Å². The van der Waals surface area contributed by atoms with Crippen LogP contribution in [0.1, 0.15) is 18.1 Å². The largest absolute Gasteiger partial charge is 0.357 e. The summed E-state index contributed by atoms with van der Waals surface area (Å²) in [6.07, 6.45) is 2.77. The van der Waals surface area contributed by atoms with Crippen molar-refractivity contribution in [3.63, 3.8) is 0 Å². The molecular weight excluding hydrogens is 443 g/mol. The number of nitrogens with zero attached hydrogens (tertiary/aromatic N) is 2. The highest BCUT2D eigenvalue weighted by molar-refractivity contribution is 14.0. The Labute approximate surface area is 169 Å². The van der Waals surface area contributed by atoms with Crippen molar-refractivity contribution in [2.75, 3.05) is 13.1 Å². The van der Waals surface area contributed by atoms with Crippen LogP contribution in [0.2, 0.25) is 0 Å². The van der Waals surface area contributed by atoms with Gasteiger partial charge in [0.1, 0.15) is 0 Å². The number of rotatable bonds is 6. The van der Waals surface area contributed by atoms with E-state index in [0.29, 0.717) is 6.54 Å². The fourth-order valence-corrected chi connectivity index (χ4v) is 3.24. The molecule has 2 N–H and O–H groups in total. The molecule has 1 aromatic carbocycles. The third kappa shape index (κ3) is 5.67. The van der Waals surface area contributed by atoms with Gasteiger partial charge in [-0.2, -0.15) is 11.3 Å². The summed E-state index contributed by atoms with van der Waals surface area (Å²) >= 11 is 1.70. The van der Waals surface area contributed by atoms with Gasteiger partial charge in [-0.3, -0.25) is 4.98 Å². The highest BCUT2D eigenvalue weighted by Crippen LogP contribution is 2.16. The number of thiophene rings is 1. The van der Waals surface area contributed by atoms with Crippen molar-refractivity contribution < 1.29 is 0 Å². The molecular formula is C19H23IN4S. The highest BCUT2D eigenvalue weighted by Gasteiger charge is 2.03. The highest BCUT2D eigenvalue weighted by atomic mass is 127. The van der Waals surface area contributed by atoms with Crippen molar-refractivity contribution in [2.24, 2.45) is 4.99 Å². The zero-order chi connectivity index (χ0) is 16.6. The zero-order valence-electron chi connectivity index (χ0n) is 14.2. The summed E-state index contributed by atoms with van der Waals surface area (Å²) in [5, 5.41) is 12.1. The third-order valence-corrected chi connectivity index (χ3v) is 4.48. The van der Waals surface area contributed by atoms with Gasteiger partial charge in [0.2, 0.25) is 0 Å². The molecule has 0 aliphatic rings. The number of nitrogens with one attached hydrogen (secondary N) is 2. The average Bonchev–Trinajstić information content (AvgIpc) is 3.13. The van der Waals surface area contributed by atoms with E-state index in [-0.39, 0.29) is 24.0 Å². The number of halogens is 1. The van der Waals surface area contributed by atoms with Gasteiger partial charge < -0.3 is 10.6 Å². The van der Waals surface area contributed by atoms with Gasteiger partial charge in [0.25, 0.3) is 0 Å². The van der Waals surface area contributed by atoms with E-state index >= 15 is 0 Å². The van der Waals surface area contributed by atoms with Crippen molar-refractivity contribution in [2.45, 2.75) is 19.9 Å². The number of hydrogen-bond donors (Lipinski definition) is 2. The van der Waals surface area contributed by atoms with E-state index in [1.54, 1.807) is 11.3 Å². The molecule has 6 heteroatoms. The smallest absolute Gasteiger partial charge is 0.191 e. The Morgan fingerprint density at radius 2 is 2.04 bits per heavy atom. The predicted molar refractivity (Wildman–Crippen MR) is 118 cm³/mol. The summed E-state index contributed by atoms with van der Waals surface area (Å²) in [5.74, 6) is 0.858. The lowest BCUT2D eigenvalue weighted by Gasteiger charge is -2.12. The van der Waals surface area contributed by atoms with Gasteiger partial charge in [0, 0.05) is 24.7 Å². The Morgan fingerprint density at radius 3 is 2.84 bits per heavy atom. The number of hydrogen-bond acceptors (Lipinski definition) is 3. The number of aromatic nitrogens is 1. The van der Waals surface area contributed by atoms with Crippen molar-refractivity contribution in [1.82, 2.24) is 15.6 Å². The average molecular weight is 466 g/mol. The molecule has 132 valence electrons. The van der Waals surface area contributed by atoms with Crippen LogP contribution in [0.5, 0.6) is 0 Å². The van der Waals surface area contributed by atoms with Gasteiger partial charge in [-0.15, -0.1) is 24.0 Å². The predicted octanol–water partition coefficient (Wildman–Crippen LogP) is 4.21. The second-order valence-electron chi connectivity index (χ2n) is 5.50. The van der Waals surface area contributed by atoms with E-state index in [9.17, 15) is 0 Å². The van der Waals surface area contributed by atoms with Gasteiger partial charge in [0.05, 0.1) is 12.1 Å². The molecule has 0 unspecified atom stereocenters. The normalized spacial score (nSPS) is 11.2. The lowest BCUT2D eigenvalue weighted by atomic mass is 10.1. The topological polar surface area (TPSA) is 49.3 Å². The summed E-state index contributed by atoms with van der Waals surface area (Å²) in [7, 11) is 0. The molecule has 2 aromatic heterocycles. The maximum Gasteiger partial charge on any atom is 0.191 e. The van der Waals surface area contributed by atoms with Gasteiger partial charge in [-0.05, 0) is 47.4 Å². The molecule has 3 rings (SSSR count). The minimum absolute atomic E-state index is 0. The van der Waals surface area contributed by atoms with E-state index < -0.39 is 0 Å². The summed E-state index contributed by atoms with van der Waals surface area (Å²) < 4.78 is 0. The monoisotopic (exact) mass is 466 g/mol. The quantitative estimate of drug-likeness (QED) is 0.325. The molecule has 0 saturated carbocycles. The fourth-order valence-electron chi connectivity index (χ4n) is 2.58. The van der Waals surface area contributed by atoms with Crippen LogP contribution >= 0.6 is 35.3 Å². The minimum Gasteiger partial charge on any atom is -0.357 e. The van der Waals surface area contributed by atoms with E-state index in [2.05, 4.69) is 68.6 Å². The first-order chi connectivity index (χ1) is 11.9. The number of aliphatic imine (C=N–C) groups is 1. The third-order valence-electron chi connectivity index (χ3n) is 3.75. The Morgan fingerprint density at radius 1 is 1.16 bits per heavy atom. The molecule has 0 amide bonds. The van der Waals surface area contributed by atoms with Crippen molar-refractivity contribution in [3.05, 3.63) is 64.5 Å². The lowest BCUT2D eigenvalue weighted by Crippen LogP contribution is -2.38. The molecule has 25 heavy (non-hydrogen) atoms. The van der Waals surface area contributed by atoms with Crippen LogP contribution in [0.15, 0.2) is 58.3 Å². The fraction of sp³-hybridized carbons (Fsp3) is 0.263. The van der Waals surface area contributed by atoms with Crippen molar-refractivity contribution >= 4 is 52.2 Å². The molecule has 0 aliphatic heterocycles. The summed E-state index contributed by atoms with van der Waals surface area (Å²) in [6.45, 7) is 4.46. The number of guanidine groups is 1. The van der Waals surface area contributed by atoms with Gasteiger partial charge >= 0.3 is 0 Å². The Kier molecular flexibility index (Phi) is 8.14. The van der Waals surface area contributed by atoms with Crippen LogP contribution in [0, 0.1) is 0 Å². The van der Waals surface area contributed by atoms with Crippen LogP contribution in [0.25, 0.3) is 10.9 Å². The van der Waals surface area contributed by atoms with Crippen molar-refractivity contribution in [1.29, 1.82) is 0 Å². The van der Waals surface area contributed by atoms with Crippen LogP contribution in [0.4, 0.5) is 0 Å². The van der Waals surface area contributed by atoms with Gasteiger partial charge in [0.15, 0.2) is 5.96 Å². The molecule has 0 saturated heterocycles. The Hall–Kier alpha value is -1.67. The summed E-state index contributed by atoms with van der Waals surface area (Å²) in [4.78, 5) is 9.15. The first kappa shape index (κ1) is 19.7. The first-order valence-corrected chi connectivity index (χ1v) is 9.17. The zero-order valence-corrected chi connectivity index (χ0v) is 17.4. The number of fused-ring (bicyclic) bond motifs is 1. The van der Waals surface area contributed by atoms with E-state index in [0.717, 1.165) is 31.0 Å². The van der Waals surface area contributed by atoms with Gasteiger partial charge in [-0.25, -0.2) is 4.99 Å². The molecule has 0 radical (unpaired) electrons. The second-order valence-corrected chi connectivity index (χ2v) is 6.28. The van der Waals surface area contributed by atoms with Crippen molar-refractivity contribution in [3.8, 4) is 0 Å². The number of benzene rings is 1. The summed E-state index contributed by atoms with van der Waals surface area (Å²) in [6, 6.07) is 12.5. The van der Waals surface area contributed by atoms with E-state index in [1.807, 2.05) is 12.3 Å². The molecule has 3 aromatic rings. The van der Waals surface area contributed by atoms with E-state index in [1.165, 1.54) is 16.5 Å². The standard InChI is InChI=1S/C19H22N4S.HI/c1-2-20-19(23-13-15-9-12-24-14-15)22-11-8-17-6-3-5-16-7-4-10-21-18(16)17;/h3-7,9-10,12,14H,2,8,11,13H2,1H3,(H2,20,22,23);1H. The molecule has 2 heterocycles. The molecule has 4 nitrogen and oxygen atoms in total. The Balaban J connectivity index is 0.00000225. The first-order valence-electron chi connectivity index (χ1n) is 8.22. The molecule has 0 atom stereocenters. The molecule has 0 spiro atoms. The molecule has 0 fully saturated rings. The van der Waals surface area contributed by atoms with Crippen LogP contribution in [-0.4, -0.2) is 24.0 Å².